The van der Waals surface area contributed by atoms with Crippen molar-refractivity contribution < 1.29 is 14.6 Å². The van der Waals surface area contributed by atoms with Crippen LogP contribution in [0.15, 0.2) is 12.1 Å². The molecule has 4 nitrogen and oxygen atoms in total. The van der Waals surface area contributed by atoms with Gasteiger partial charge in [-0.3, -0.25) is 0 Å². The van der Waals surface area contributed by atoms with Crippen LogP contribution in [0.4, 0.5) is 0 Å². The van der Waals surface area contributed by atoms with Crippen molar-refractivity contribution in [2.45, 2.75) is 13.0 Å². The topological polar surface area (TPSA) is 50.7 Å². The van der Waals surface area contributed by atoms with E-state index in [-0.39, 0.29) is 0 Å². The molecule has 0 radical (unpaired) electrons. The second kappa shape index (κ2) is 5.72. The predicted molar refractivity (Wildman–Crippen MR) is 63.2 cm³/mol. The van der Waals surface area contributed by atoms with E-state index in [4.69, 9.17) is 9.47 Å². The predicted octanol–water partition coefficient (Wildman–Crippen LogP) is 1.27. The summed E-state index contributed by atoms with van der Waals surface area (Å²) < 4.78 is 10.5. The number of benzene rings is 1. The minimum absolute atomic E-state index is 0.488. The lowest BCUT2D eigenvalue weighted by atomic mass is 10.0. The van der Waals surface area contributed by atoms with E-state index < -0.39 is 6.10 Å². The highest BCUT2D eigenvalue weighted by Crippen LogP contribution is 2.34. The number of aliphatic hydroxyl groups excluding tert-OH is 1. The third-order valence-electron chi connectivity index (χ3n) is 2.57. The van der Waals surface area contributed by atoms with E-state index in [1.165, 1.54) is 0 Å². The number of methoxy groups -OCH3 is 2. The Morgan fingerprint density at radius 3 is 2.50 bits per heavy atom. The molecule has 1 atom stereocenters. The highest BCUT2D eigenvalue weighted by molar-refractivity contribution is 5.50. The molecule has 1 aromatic carbocycles. The average molecular weight is 225 g/mol. The molecule has 0 aliphatic rings. The number of hydrogen-bond donors (Lipinski definition) is 2. The number of aliphatic hydroxyl groups is 1. The zero-order valence-corrected chi connectivity index (χ0v) is 10.2. The Morgan fingerprint density at radius 2 is 2.00 bits per heavy atom. The maximum atomic E-state index is 9.94. The number of ether oxygens (including phenoxy) is 2. The molecule has 2 N–H and O–H groups in total. The monoisotopic (exact) mass is 225 g/mol. The summed E-state index contributed by atoms with van der Waals surface area (Å²) >= 11 is 0. The lowest BCUT2D eigenvalue weighted by molar-refractivity contribution is 0.173. The molecule has 0 aliphatic carbocycles. The van der Waals surface area contributed by atoms with E-state index in [2.05, 4.69) is 5.32 Å². The normalized spacial score (nSPS) is 12.3. The molecule has 0 saturated carbocycles. The first kappa shape index (κ1) is 12.8. The number of hydrogen-bond acceptors (Lipinski definition) is 4. The lowest BCUT2D eigenvalue weighted by Gasteiger charge is -2.18. The van der Waals surface area contributed by atoms with Crippen LogP contribution >= 0.6 is 0 Å². The van der Waals surface area contributed by atoms with Gasteiger partial charge in [-0.2, -0.15) is 0 Å². The summed E-state index contributed by atoms with van der Waals surface area (Å²) in [5.74, 6) is 1.44. The van der Waals surface area contributed by atoms with Crippen molar-refractivity contribution in [2.75, 3.05) is 27.8 Å². The SMILES string of the molecule is CNCC(O)c1ccc(OC)c(C)c1OC. The largest absolute Gasteiger partial charge is 0.496 e. The van der Waals surface area contributed by atoms with Crippen molar-refractivity contribution in [1.29, 1.82) is 0 Å². The third-order valence-corrected chi connectivity index (χ3v) is 2.57. The molecule has 1 rings (SSSR count). The maximum Gasteiger partial charge on any atom is 0.131 e. The van der Waals surface area contributed by atoms with Crippen LogP contribution in [-0.4, -0.2) is 32.9 Å². The first-order chi connectivity index (χ1) is 7.65. The Hall–Kier alpha value is -1.26. The fourth-order valence-corrected chi connectivity index (χ4v) is 1.75. The molecule has 0 amide bonds. The summed E-state index contributed by atoms with van der Waals surface area (Å²) in [6, 6.07) is 3.67. The highest BCUT2D eigenvalue weighted by Gasteiger charge is 2.16. The number of likely N-dealkylation sites (N-methyl/N-ethyl adjacent to an activating group) is 1. The molecule has 0 spiro atoms. The molecular weight excluding hydrogens is 206 g/mol. The van der Waals surface area contributed by atoms with Gasteiger partial charge in [-0.1, -0.05) is 0 Å². The molecule has 4 heteroatoms. The van der Waals surface area contributed by atoms with Crippen LogP contribution in [0, 0.1) is 6.92 Å². The molecule has 0 aliphatic heterocycles. The Balaban J connectivity index is 3.14. The van der Waals surface area contributed by atoms with Crippen molar-refractivity contribution in [3.8, 4) is 11.5 Å². The summed E-state index contributed by atoms with van der Waals surface area (Å²) in [5.41, 5.74) is 1.67. The van der Waals surface area contributed by atoms with E-state index in [1.54, 1.807) is 21.3 Å². The highest BCUT2D eigenvalue weighted by atomic mass is 16.5. The van der Waals surface area contributed by atoms with Crippen LogP contribution in [0.5, 0.6) is 11.5 Å². The van der Waals surface area contributed by atoms with Gasteiger partial charge in [0.15, 0.2) is 0 Å². The summed E-state index contributed by atoms with van der Waals surface area (Å²) in [6.45, 7) is 2.40. The fourth-order valence-electron chi connectivity index (χ4n) is 1.75. The molecular formula is C12H19NO3. The van der Waals surface area contributed by atoms with Crippen LogP contribution in [0.2, 0.25) is 0 Å². The fraction of sp³-hybridized carbons (Fsp3) is 0.500. The third kappa shape index (κ3) is 2.46. The molecule has 0 saturated heterocycles. The van der Waals surface area contributed by atoms with E-state index >= 15 is 0 Å². The summed E-state index contributed by atoms with van der Waals surface area (Å²) in [6.07, 6.45) is -0.579. The maximum absolute atomic E-state index is 9.94. The molecule has 16 heavy (non-hydrogen) atoms. The van der Waals surface area contributed by atoms with Crippen molar-refractivity contribution in [3.63, 3.8) is 0 Å². The molecule has 0 aromatic heterocycles. The first-order valence-corrected chi connectivity index (χ1v) is 5.19. The van der Waals surface area contributed by atoms with Gasteiger partial charge in [0.25, 0.3) is 0 Å². The van der Waals surface area contributed by atoms with Gasteiger partial charge in [0, 0.05) is 17.7 Å². The van der Waals surface area contributed by atoms with E-state index in [0.717, 1.165) is 16.9 Å². The van der Waals surface area contributed by atoms with Crippen LogP contribution in [0.1, 0.15) is 17.2 Å². The Labute approximate surface area is 96.2 Å². The van der Waals surface area contributed by atoms with Gasteiger partial charge < -0.3 is 19.9 Å². The standard InChI is InChI=1S/C12H19NO3/c1-8-11(15-3)6-5-9(12(8)16-4)10(14)7-13-2/h5-6,10,13-14H,7H2,1-4H3. The number of nitrogens with one attached hydrogen (secondary N) is 1. The molecule has 0 heterocycles. The second-order valence-corrected chi connectivity index (χ2v) is 3.59. The molecule has 1 aromatic rings. The van der Waals surface area contributed by atoms with Crippen LogP contribution in [0.3, 0.4) is 0 Å². The summed E-state index contributed by atoms with van der Waals surface area (Å²) in [4.78, 5) is 0. The van der Waals surface area contributed by atoms with Crippen molar-refractivity contribution >= 4 is 0 Å². The van der Waals surface area contributed by atoms with E-state index in [1.807, 2.05) is 19.1 Å². The molecule has 0 bridgehead atoms. The van der Waals surface area contributed by atoms with Gasteiger partial charge >= 0.3 is 0 Å². The number of rotatable bonds is 5. The van der Waals surface area contributed by atoms with Crippen molar-refractivity contribution in [2.24, 2.45) is 0 Å². The van der Waals surface area contributed by atoms with Gasteiger partial charge in [-0.15, -0.1) is 0 Å². The van der Waals surface area contributed by atoms with Crippen molar-refractivity contribution in [3.05, 3.63) is 23.3 Å². The van der Waals surface area contributed by atoms with E-state index in [0.29, 0.717) is 12.3 Å². The minimum Gasteiger partial charge on any atom is -0.496 e. The van der Waals surface area contributed by atoms with Gasteiger partial charge in [-0.05, 0) is 26.1 Å². The molecule has 90 valence electrons. The lowest BCUT2D eigenvalue weighted by Crippen LogP contribution is -2.17. The van der Waals surface area contributed by atoms with Gasteiger partial charge in [0.05, 0.1) is 20.3 Å². The summed E-state index contributed by atoms with van der Waals surface area (Å²) in [5, 5.41) is 12.9. The van der Waals surface area contributed by atoms with Gasteiger partial charge in [-0.25, -0.2) is 0 Å². The minimum atomic E-state index is -0.579. The Kier molecular flexibility index (Phi) is 4.58. The van der Waals surface area contributed by atoms with Crippen LogP contribution < -0.4 is 14.8 Å². The van der Waals surface area contributed by atoms with Crippen LogP contribution in [-0.2, 0) is 0 Å². The van der Waals surface area contributed by atoms with Crippen LogP contribution in [0.25, 0.3) is 0 Å². The van der Waals surface area contributed by atoms with Gasteiger partial charge in [0.1, 0.15) is 11.5 Å². The molecule has 0 fully saturated rings. The molecule has 1 unspecified atom stereocenters. The second-order valence-electron chi connectivity index (χ2n) is 3.59. The zero-order chi connectivity index (χ0) is 12.1. The Bertz CT molecular complexity index is 352. The first-order valence-electron chi connectivity index (χ1n) is 5.19. The van der Waals surface area contributed by atoms with Crippen molar-refractivity contribution in [1.82, 2.24) is 5.32 Å². The summed E-state index contributed by atoms with van der Waals surface area (Å²) in [7, 11) is 5.01. The quantitative estimate of drug-likeness (QED) is 0.792. The van der Waals surface area contributed by atoms with E-state index in [9.17, 15) is 5.11 Å². The van der Waals surface area contributed by atoms with Gasteiger partial charge in [0.2, 0.25) is 0 Å². The average Bonchev–Trinajstić information content (AvgIpc) is 2.28. The Morgan fingerprint density at radius 1 is 1.31 bits per heavy atom. The zero-order valence-electron chi connectivity index (χ0n) is 10.2. The smallest absolute Gasteiger partial charge is 0.131 e.